The lowest BCUT2D eigenvalue weighted by molar-refractivity contribution is 0.0891. The number of nitrogens with zero attached hydrogens (tertiary/aromatic N) is 1. The molecule has 2 N–H and O–H groups in total. The average molecular weight is 379 g/mol. The number of phenolic OH excluding ortho intramolecular Hbond substituents is 1. The van der Waals surface area contributed by atoms with Gasteiger partial charge >= 0.3 is 0 Å². The maximum absolute atomic E-state index is 12.8. The van der Waals surface area contributed by atoms with Crippen LogP contribution in [-0.4, -0.2) is 50.2 Å². The number of hydrogen-bond acceptors (Lipinski definition) is 6. The molecule has 140 valence electrons. The van der Waals surface area contributed by atoms with Gasteiger partial charge in [-0.05, 0) is 30.2 Å². The van der Waals surface area contributed by atoms with Crippen LogP contribution in [0.4, 0.5) is 0 Å². The van der Waals surface area contributed by atoms with Gasteiger partial charge in [-0.25, -0.2) is 8.42 Å². The number of phenols is 1. The van der Waals surface area contributed by atoms with Crippen LogP contribution in [0.1, 0.15) is 17.2 Å². The van der Waals surface area contributed by atoms with Crippen molar-refractivity contribution in [3.8, 4) is 17.2 Å². The zero-order chi connectivity index (χ0) is 19.1. The molecule has 7 nitrogen and oxygen atoms in total. The minimum atomic E-state index is -3.70. The molecule has 0 amide bonds. The van der Waals surface area contributed by atoms with E-state index in [1.807, 2.05) is 0 Å². The summed E-state index contributed by atoms with van der Waals surface area (Å²) in [5.74, 6) is 0.306. The molecule has 0 aromatic heterocycles. The van der Waals surface area contributed by atoms with Crippen LogP contribution in [0.2, 0.25) is 0 Å². The van der Waals surface area contributed by atoms with Gasteiger partial charge in [-0.2, -0.15) is 4.31 Å². The highest BCUT2D eigenvalue weighted by molar-refractivity contribution is 7.89. The third kappa shape index (κ3) is 2.90. The Hall–Kier alpha value is -2.29. The molecule has 0 fully saturated rings. The first kappa shape index (κ1) is 18.5. The van der Waals surface area contributed by atoms with E-state index in [0.29, 0.717) is 11.1 Å². The Bertz CT molecular complexity index is 902. The highest BCUT2D eigenvalue weighted by Crippen LogP contribution is 2.40. The number of aliphatic hydroxyl groups is 1. The SMILES string of the molecule is COc1cc(C[C@@H]2[C@@H](O)c3ccccc3S(=O)(=O)N2C)cc(OC)c1O. The average Bonchev–Trinajstić information content (AvgIpc) is 2.65. The fraction of sp³-hybridized carbons (Fsp3) is 0.333. The van der Waals surface area contributed by atoms with Gasteiger partial charge in [-0.3, -0.25) is 0 Å². The lowest BCUT2D eigenvalue weighted by Gasteiger charge is -2.37. The summed E-state index contributed by atoms with van der Waals surface area (Å²) < 4.78 is 37.0. The molecule has 2 aromatic carbocycles. The second-order valence-corrected chi connectivity index (χ2v) is 8.09. The van der Waals surface area contributed by atoms with E-state index in [4.69, 9.17) is 9.47 Å². The van der Waals surface area contributed by atoms with Gasteiger partial charge in [0.05, 0.1) is 31.3 Å². The smallest absolute Gasteiger partial charge is 0.243 e. The maximum atomic E-state index is 12.8. The third-order valence-electron chi connectivity index (χ3n) is 4.71. The number of fused-ring (bicyclic) bond motifs is 1. The minimum absolute atomic E-state index is 0.118. The molecule has 0 bridgehead atoms. The largest absolute Gasteiger partial charge is 0.502 e. The van der Waals surface area contributed by atoms with Crippen molar-refractivity contribution in [2.24, 2.45) is 0 Å². The first-order chi connectivity index (χ1) is 12.3. The van der Waals surface area contributed by atoms with Crippen molar-refractivity contribution in [2.75, 3.05) is 21.3 Å². The monoisotopic (exact) mass is 379 g/mol. The van der Waals surface area contributed by atoms with E-state index in [0.717, 1.165) is 0 Å². The maximum Gasteiger partial charge on any atom is 0.243 e. The highest BCUT2D eigenvalue weighted by Gasteiger charge is 2.41. The van der Waals surface area contributed by atoms with Crippen LogP contribution in [0.3, 0.4) is 0 Å². The summed E-state index contributed by atoms with van der Waals surface area (Å²) in [5, 5.41) is 20.8. The topological polar surface area (TPSA) is 96.3 Å². The Balaban J connectivity index is 2.03. The van der Waals surface area contributed by atoms with Crippen LogP contribution in [0.5, 0.6) is 17.2 Å². The van der Waals surface area contributed by atoms with Crippen molar-refractivity contribution >= 4 is 10.0 Å². The molecule has 3 rings (SSSR count). The summed E-state index contributed by atoms with van der Waals surface area (Å²) in [6, 6.07) is 8.95. The molecule has 2 atom stereocenters. The molecule has 26 heavy (non-hydrogen) atoms. The van der Waals surface area contributed by atoms with Crippen molar-refractivity contribution in [3.63, 3.8) is 0 Å². The van der Waals surface area contributed by atoms with Gasteiger partial charge in [0.2, 0.25) is 15.8 Å². The predicted octanol–water partition coefficient (Wildman–Crippen LogP) is 1.69. The fourth-order valence-electron chi connectivity index (χ4n) is 3.25. The van der Waals surface area contributed by atoms with Crippen LogP contribution in [-0.2, 0) is 16.4 Å². The summed E-state index contributed by atoms with van der Waals surface area (Å²) in [5.41, 5.74) is 1.05. The molecule has 1 aliphatic heterocycles. The van der Waals surface area contributed by atoms with Gasteiger partial charge in [-0.1, -0.05) is 18.2 Å². The molecule has 0 radical (unpaired) electrons. The summed E-state index contributed by atoms with van der Waals surface area (Å²) in [6.45, 7) is 0. The minimum Gasteiger partial charge on any atom is -0.502 e. The van der Waals surface area contributed by atoms with Gasteiger partial charge in [0, 0.05) is 12.6 Å². The first-order valence-electron chi connectivity index (χ1n) is 8.00. The van der Waals surface area contributed by atoms with Gasteiger partial charge in [0.1, 0.15) is 0 Å². The van der Waals surface area contributed by atoms with Gasteiger partial charge < -0.3 is 19.7 Å². The Labute approximate surface area is 152 Å². The number of methoxy groups -OCH3 is 2. The van der Waals surface area contributed by atoms with Crippen LogP contribution < -0.4 is 9.47 Å². The summed E-state index contributed by atoms with van der Waals surface area (Å²) in [6.07, 6.45) is -0.761. The zero-order valence-corrected chi connectivity index (χ0v) is 15.5. The molecule has 1 aliphatic rings. The van der Waals surface area contributed by atoms with Crippen LogP contribution >= 0.6 is 0 Å². The molecule has 0 spiro atoms. The van der Waals surface area contributed by atoms with Crippen LogP contribution in [0, 0.1) is 0 Å². The van der Waals surface area contributed by atoms with E-state index in [1.165, 1.54) is 31.6 Å². The highest BCUT2D eigenvalue weighted by atomic mass is 32.2. The van der Waals surface area contributed by atoms with E-state index in [1.54, 1.807) is 30.3 Å². The number of ether oxygens (including phenoxy) is 2. The third-order valence-corrected chi connectivity index (χ3v) is 6.67. The molecule has 8 heteroatoms. The lowest BCUT2D eigenvalue weighted by Crippen LogP contribution is -2.46. The van der Waals surface area contributed by atoms with E-state index < -0.39 is 22.2 Å². The number of sulfonamides is 1. The molecular weight excluding hydrogens is 358 g/mol. The van der Waals surface area contributed by atoms with Crippen molar-refractivity contribution < 1.29 is 28.1 Å². The Morgan fingerprint density at radius 3 is 2.27 bits per heavy atom. The number of aromatic hydroxyl groups is 1. The van der Waals surface area contributed by atoms with Crippen molar-refractivity contribution in [1.29, 1.82) is 0 Å². The Morgan fingerprint density at radius 1 is 1.12 bits per heavy atom. The van der Waals surface area contributed by atoms with E-state index in [-0.39, 0.29) is 28.6 Å². The van der Waals surface area contributed by atoms with Gasteiger partial charge in [-0.15, -0.1) is 0 Å². The van der Waals surface area contributed by atoms with Crippen LogP contribution in [0.15, 0.2) is 41.3 Å². The molecule has 0 saturated carbocycles. The van der Waals surface area contributed by atoms with Gasteiger partial charge in [0.15, 0.2) is 11.5 Å². The van der Waals surface area contributed by atoms with Crippen molar-refractivity contribution in [3.05, 3.63) is 47.5 Å². The molecule has 0 saturated heterocycles. The number of rotatable bonds is 4. The van der Waals surface area contributed by atoms with E-state index >= 15 is 0 Å². The summed E-state index contributed by atoms with van der Waals surface area (Å²) in [4.78, 5) is 0.118. The molecule has 1 heterocycles. The summed E-state index contributed by atoms with van der Waals surface area (Å²) in [7, 11) is 0.586. The van der Waals surface area contributed by atoms with Crippen LogP contribution in [0.25, 0.3) is 0 Å². The fourth-order valence-corrected chi connectivity index (χ4v) is 4.84. The Kier molecular flexibility index (Phi) is 4.83. The number of benzene rings is 2. The standard InChI is InChI=1S/C18H21NO6S/c1-19-13(8-11-9-14(24-2)18(21)15(10-11)25-3)17(20)12-6-4-5-7-16(12)26(19,22)23/h4-7,9-10,13,17,20-21H,8H2,1-3H3/t13-,17+/m1/s1. The zero-order valence-electron chi connectivity index (χ0n) is 14.7. The second kappa shape index (κ2) is 6.79. The lowest BCUT2D eigenvalue weighted by atomic mass is 9.95. The molecule has 2 aromatic rings. The normalized spacial score (nSPS) is 21.8. The molecule has 0 unspecified atom stereocenters. The first-order valence-corrected chi connectivity index (χ1v) is 9.44. The van der Waals surface area contributed by atoms with E-state index in [2.05, 4.69) is 0 Å². The van der Waals surface area contributed by atoms with Crippen molar-refractivity contribution in [2.45, 2.75) is 23.5 Å². The van der Waals surface area contributed by atoms with Crippen molar-refractivity contribution in [1.82, 2.24) is 4.31 Å². The Morgan fingerprint density at radius 2 is 1.69 bits per heavy atom. The predicted molar refractivity (Wildman–Crippen MR) is 95.1 cm³/mol. The number of aliphatic hydroxyl groups excluding tert-OH is 1. The van der Waals surface area contributed by atoms with E-state index in [9.17, 15) is 18.6 Å². The molecule has 0 aliphatic carbocycles. The van der Waals surface area contributed by atoms with Gasteiger partial charge in [0.25, 0.3) is 0 Å². The quantitative estimate of drug-likeness (QED) is 0.839. The molecular formula is C18H21NO6S. The second-order valence-electron chi connectivity index (χ2n) is 6.12. The summed E-state index contributed by atoms with van der Waals surface area (Å²) >= 11 is 0. The number of hydrogen-bond donors (Lipinski definition) is 2. The number of likely N-dealkylation sites (N-methyl/N-ethyl adjacent to an activating group) is 1.